The normalized spacial score (nSPS) is 10.9. The second kappa shape index (κ2) is 5.84. The van der Waals surface area contributed by atoms with Crippen LogP contribution in [0, 0.1) is 0 Å². The fourth-order valence-electron chi connectivity index (χ4n) is 1.84. The molecule has 2 rings (SSSR count). The average molecular weight is 244 g/mol. The molecule has 0 amide bonds. The fourth-order valence-corrected chi connectivity index (χ4v) is 3.22. The van der Waals surface area contributed by atoms with Crippen molar-refractivity contribution in [3.05, 3.63) is 54.1 Å². The standard InChI is InChI=1S/C15H17OP/c1-3-12-8-4-6-10-14(12)17-15-11-7-5-9-13(15)16-2/h4-11,17H,3H2,1-2H3. The van der Waals surface area contributed by atoms with Crippen LogP contribution in [-0.4, -0.2) is 7.11 Å². The number of hydrogen-bond donors (Lipinski definition) is 0. The first-order valence-corrected chi connectivity index (χ1v) is 6.83. The van der Waals surface area contributed by atoms with Crippen LogP contribution in [0.5, 0.6) is 5.75 Å². The number of rotatable bonds is 4. The Kier molecular flexibility index (Phi) is 4.17. The van der Waals surface area contributed by atoms with Crippen LogP contribution in [0.3, 0.4) is 0 Å². The highest BCUT2D eigenvalue weighted by atomic mass is 31.1. The van der Waals surface area contributed by atoms with Crippen molar-refractivity contribution in [2.75, 3.05) is 7.11 Å². The van der Waals surface area contributed by atoms with E-state index in [-0.39, 0.29) is 0 Å². The Morgan fingerprint density at radius 3 is 2.29 bits per heavy atom. The van der Waals surface area contributed by atoms with Crippen molar-refractivity contribution in [3.63, 3.8) is 0 Å². The molecule has 0 aliphatic rings. The van der Waals surface area contributed by atoms with Gasteiger partial charge < -0.3 is 4.74 Å². The third kappa shape index (κ3) is 2.87. The summed E-state index contributed by atoms with van der Waals surface area (Å²) >= 11 is 0. The van der Waals surface area contributed by atoms with E-state index in [4.69, 9.17) is 4.74 Å². The van der Waals surface area contributed by atoms with Gasteiger partial charge >= 0.3 is 0 Å². The molecule has 0 N–H and O–H groups in total. The SMILES string of the molecule is CCc1ccccc1Pc1ccccc1OC. The lowest BCUT2D eigenvalue weighted by atomic mass is 10.2. The van der Waals surface area contributed by atoms with Crippen LogP contribution in [0.2, 0.25) is 0 Å². The summed E-state index contributed by atoms with van der Waals surface area (Å²) in [6, 6.07) is 16.9. The number of ether oxygens (including phenoxy) is 1. The van der Waals surface area contributed by atoms with Crippen LogP contribution < -0.4 is 15.3 Å². The van der Waals surface area contributed by atoms with Crippen molar-refractivity contribution in [3.8, 4) is 5.75 Å². The first-order chi connectivity index (χ1) is 8.35. The Labute approximate surface area is 105 Å². The van der Waals surface area contributed by atoms with E-state index >= 15 is 0 Å². The van der Waals surface area contributed by atoms with Gasteiger partial charge in [-0.25, -0.2) is 0 Å². The zero-order chi connectivity index (χ0) is 12.1. The minimum Gasteiger partial charge on any atom is -0.496 e. The van der Waals surface area contributed by atoms with E-state index in [0.717, 1.165) is 12.2 Å². The second-order valence-corrected chi connectivity index (χ2v) is 5.16. The monoisotopic (exact) mass is 244 g/mol. The third-order valence-electron chi connectivity index (χ3n) is 2.77. The lowest BCUT2D eigenvalue weighted by Crippen LogP contribution is -2.10. The minimum atomic E-state index is 0.663. The molecule has 2 aromatic rings. The Bertz CT molecular complexity index is 448. The van der Waals surface area contributed by atoms with Crippen LogP contribution in [0.4, 0.5) is 0 Å². The third-order valence-corrected chi connectivity index (χ3v) is 4.21. The van der Waals surface area contributed by atoms with E-state index in [1.807, 2.05) is 12.1 Å². The molecule has 1 atom stereocenters. The first-order valence-electron chi connectivity index (χ1n) is 5.83. The maximum absolute atomic E-state index is 5.40. The van der Waals surface area contributed by atoms with E-state index in [9.17, 15) is 0 Å². The number of methoxy groups -OCH3 is 1. The highest BCUT2D eigenvalue weighted by molar-refractivity contribution is 7.55. The maximum Gasteiger partial charge on any atom is 0.126 e. The number of benzene rings is 2. The molecule has 0 spiro atoms. The lowest BCUT2D eigenvalue weighted by molar-refractivity contribution is 0.418. The van der Waals surface area contributed by atoms with E-state index < -0.39 is 0 Å². The van der Waals surface area contributed by atoms with Crippen LogP contribution in [0.1, 0.15) is 12.5 Å². The Hall–Kier alpha value is -1.33. The van der Waals surface area contributed by atoms with Gasteiger partial charge in [0.1, 0.15) is 5.75 Å². The zero-order valence-corrected chi connectivity index (χ0v) is 11.2. The maximum atomic E-state index is 5.40. The highest BCUT2D eigenvalue weighted by Crippen LogP contribution is 2.20. The first kappa shape index (κ1) is 12.1. The number of aryl methyl sites for hydroxylation is 1. The molecule has 2 aromatic carbocycles. The summed E-state index contributed by atoms with van der Waals surface area (Å²) in [7, 11) is 2.39. The lowest BCUT2D eigenvalue weighted by Gasteiger charge is -2.11. The van der Waals surface area contributed by atoms with E-state index in [2.05, 4.69) is 43.3 Å². The largest absolute Gasteiger partial charge is 0.496 e. The van der Waals surface area contributed by atoms with Gasteiger partial charge in [0, 0.05) is 5.30 Å². The summed E-state index contributed by atoms with van der Waals surface area (Å²) in [5.74, 6) is 0.983. The molecule has 0 aliphatic heterocycles. The van der Waals surface area contributed by atoms with E-state index in [0.29, 0.717) is 8.58 Å². The molecular weight excluding hydrogens is 227 g/mol. The van der Waals surface area contributed by atoms with Gasteiger partial charge in [-0.3, -0.25) is 0 Å². The Morgan fingerprint density at radius 1 is 0.941 bits per heavy atom. The van der Waals surface area contributed by atoms with Gasteiger partial charge in [-0.15, -0.1) is 0 Å². The van der Waals surface area contributed by atoms with Crippen molar-refractivity contribution in [2.24, 2.45) is 0 Å². The molecule has 0 saturated carbocycles. The minimum absolute atomic E-state index is 0.663. The summed E-state index contributed by atoms with van der Waals surface area (Å²) in [5.41, 5.74) is 1.43. The predicted molar refractivity (Wildman–Crippen MR) is 76.4 cm³/mol. The molecule has 0 fully saturated rings. The topological polar surface area (TPSA) is 9.23 Å². The molecule has 0 bridgehead atoms. The van der Waals surface area contributed by atoms with Gasteiger partial charge in [0.2, 0.25) is 0 Å². The molecule has 0 aliphatic carbocycles. The highest BCUT2D eigenvalue weighted by Gasteiger charge is 2.05. The van der Waals surface area contributed by atoms with Crippen LogP contribution in [0.15, 0.2) is 48.5 Å². The fraction of sp³-hybridized carbons (Fsp3) is 0.200. The Balaban J connectivity index is 2.31. The second-order valence-electron chi connectivity index (χ2n) is 3.84. The molecule has 1 nitrogen and oxygen atoms in total. The van der Waals surface area contributed by atoms with Crippen LogP contribution >= 0.6 is 8.58 Å². The van der Waals surface area contributed by atoms with Gasteiger partial charge in [-0.1, -0.05) is 58.0 Å². The quantitative estimate of drug-likeness (QED) is 0.751. The van der Waals surface area contributed by atoms with Gasteiger partial charge in [-0.05, 0) is 23.4 Å². The van der Waals surface area contributed by atoms with Crippen molar-refractivity contribution in [1.82, 2.24) is 0 Å². The summed E-state index contributed by atoms with van der Waals surface area (Å²) in [4.78, 5) is 0. The van der Waals surface area contributed by atoms with Crippen LogP contribution in [-0.2, 0) is 6.42 Å². The van der Waals surface area contributed by atoms with E-state index in [1.54, 1.807) is 7.11 Å². The van der Waals surface area contributed by atoms with Crippen LogP contribution in [0.25, 0.3) is 0 Å². The van der Waals surface area contributed by atoms with Gasteiger partial charge in [0.15, 0.2) is 0 Å². The molecule has 0 radical (unpaired) electrons. The number of hydrogen-bond acceptors (Lipinski definition) is 1. The summed E-state index contributed by atoms with van der Waals surface area (Å²) in [5, 5.41) is 2.69. The summed E-state index contributed by atoms with van der Waals surface area (Å²) < 4.78 is 5.40. The zero-order valence-electron chi connectivity index (χ0n) is 10.2. The van der Waals surface area contributed by atoms with E-state index in [1.165, 1.54) is 16.2 Å². The molecule has 17 heavy (non-hydrogen) atoms. The predicted octanol–water partition coefficient (Wildman–Crippen LogP) is 2.89. The molecule has 0 heterocycles. The molecule has 0 aromatic heterocycles. The smallest absolute Gasteiger partial charge is 0.126 e. The van der Waals surface area contributed by atoms with Crippen molar-refractivity contribution < 1.29 is 4.74 Å². The molecule has 0 saturated heterocycles. The summed E-state index contributed by atoms with van der Waals surface area (Å²) in [6.45, 7) is 2.20. The molecule has 1 unspecified atom stereocenters. The molecular formula is C15H17OP. The van der Waals surface area contributed by atoms with Crippen molar-refractivity contribution >= 4 is 19.2 Å². The molecule has 2 heteroatoms. The van der Waals surface area contributed by atoms with Gasteiger partial charge in [-0.2, -0.15) is 0 Å². The van der Waals surface area contributed by atoms with Crippen molar-refractivity contribution in [1.29, 1.82) is 0 Å². The van der Waals surface area contributed by atoms with Gasteiger partial charge in [0.25, 0.3) is 0 Å². The summed E-state index contributed by atoms with van der Waals surface area (Å²) in [6.07, 6.45) is 1.08. The molecule has 88 valence electrons. The van der Waals surface area contributed by atoms with Crippen molar-refractivity contribution in [2.45, 2.75) is 13.3 Å². The average Bonchev–Trinajstić information content (AvgIpc) is 2.40. The van der Waals surface area contributed by atoms with Gasteiger partial charge in [0.05, 0.1) is 7.11 Å². The Morgan fingerprint density at radius 2 is 1.59 bits per heavy atom. The number of para-hydroxylation sites is 1.